The molecule has 4 heteroatoms. The Morgan fingerprint density at radius 1 is 1.33 bits per heavy atom. The van der Waals surface area contributed by atoms with Crippen LogP contribution in [0.5, 0.6) is 0 Å². The average molecular weight is 248 g/mol. The van der Waals surface area contributed by atoms with E-state index in [4.69, 9.17) is 4.42 Å². The van der Waals surface area contributed by atoms with Crippen LogP contribution in [-0.4, -0.2) is 36.0 Å². The minimum atomic E-state index is -0.0120. The van der Waals surface area contributed by atoms with Crippen molar-refractivity contribution in [1.82, 2.24) is 10.2 Å². The number of hydrogen-bond acceptors (Lipinski definition) is 3. The van der Waals surface area contributed by atoms with Crippen molar-refractivity contribution in [2.45, 2.75) is 44.2 Å². The van der Waals surface area contributed by atoms with Gasteiger partial charge in [0, 0.05) is 25.2 Å². The van der Waals surface area contributed by atoms with E-state index in [0.29, 0.717) is 11.6 Å². The third-order valence-electron chi connectivity index (χ3n) is 4.18. The third kappa shape index (κ3) is 2.43. The highest BCUT2D eigenvalue weighted by atomic mass is 16.3. The van der Waals surface area contributed by atoms with Crippen LogP contribution < -0.4 is 5.32 Å². The zero-order valence-electron chi connectivity index (χ0n) is 10.6. The number of amides is 1. The van der Waals surface area contributed by atoms with Gasteiger partial charge in [-0.3, -0.25) is 9.69 Å². The first kappa shape index (κ1) is 11.8. The zero-order chi connectivity index (χ0) is 12.4. The van der Waals surface area contributed by atoms with E-state index >= 15 is 0 Å². The van der Waals surface area contributed by atoms with Crippen LogP contribution >= 0.6 is 0 Å². The number of nitrogens with zero attached hydrogens (tertiary/aromatic N) is 1. The monoisotopic (exact) mass is 248 g/mol. The topological polar surface area (TPSA) is 45.5 Å². The largest absolute Gasteiger partial charge is 0.472 e. The maximum atomic E-state index is 11.9. The molecule has 1 aliphatic heterocycles. The number of likely N-dealkylation sites (tertiary alicyclic amines) is 1. The van der Waals surface area contributed by atoms with Crippen molar-refractivity contribution in [1.29, 1.82) is 0 Å². The SMILES string of the molecule is O=C(NC1CCN(C2CCCC2)C1)c1ccoc1. The quantitative estimate of drug-likeness (QED) is 0.890. The standard InChI is InChI=1S/C14H20N2O2/c17-14(11-6-8-18-10-11)15-12-5-7-16(9-12)13-3-1-2-4-13/h6,8,10,12-13H,1-5,7,9H2,(H,15,17). The molecule has 1 amide bonds. The van der Waals surface area contributed by atoms with Gasteiger partial charge in [-0.2, -0.15) is 0 Å². The van der Waals surface area contributed by atoms with Crippen LogP contribution in [0.15, 0.2) is 23.0 Å². The lowest BCUT2D eigenvalue weighted by molar-refractivity contribution is 0.0935. The first-order valence-corrected chi connectivity index (χ1v) is 6.90. The van der Waals surface area contributed by atoms with Gasteiger partial charge in [0.2, 0.25) is 0 Å². The molecular formula is C14H20N2O2. The number of carbonyl (C=O) groups excluding carboxylic acids is 1. The molecule has 2 aliphatic rings. The van der Waals surface area contributed by atoms with Crippen molar-refractivity contribution in [2.24, 2.45) is 0 Å². The summed E-state index contributed by atoms with van der Waals surface area (Å²) in [4.78, 5) is 14.4. The van der Waals surface area contributed by atoms with Crippen LogP contribution in [0.2, 0.25) is 0 Å². The number of nitrogens with one attached hydrogen (secondary N) is 1. The van der Waals surface area contributed by atoms with Crippen LogP contribution in [0.3, 0.4) is 0 Å². The summed E-state index contributed by atoms with van der Waals surface area (Å²) in [5.41, 5.74) is 0.620. The van der Waals surface area contributed by atoms with Gasteiger partial charge in [-0.25, -0.2) is 0 Å². The second kappa shape index (κ2) is 5.14. The summed E-state index contributed by atoms with van der Waals surface area (Å²) in [6.07, 6.45) is 9.51. The van der Waals surface area contributed by atoms with Crippen LogP contribution in [0.1, 0.15) is 42.5 Å². The smallest absolute Gasteiger partial charge is 0.254 e. The summed E-state index contributed by atoms with van der Waals surface area (Å²) in [5, 5.41) is 3.09. The molecule has 0 bridgehead atoms. The molecule has 1 aromatic heterocycles. The fourth-order valence-corrected chi connectivity index (χ4v) is 3.17. The molecule has 1 saturated heterocycles. The van der Waals surface area contributed by atoms with Crippen molar-refractivity contribution in [2.75, 3.05) is 13.1 Å². The predicted molar refractivity (Wildman–Crippen MR) is 68.4 cm³/mol. The summed E-state index contributed by atoms with van der Waals surface area (Å²) in [7, 11) is 0. The fourth-order valence-electron chi connectivity index (χ4n) is 3.17. The lowest BCUT2D eigenvalue weighted by atomic mass is 10.2. The van der Waals surface area contributed by atoms with E-state index in [1.165, 1.54) is 38.2 Å². The summed E-state index contributed by atoms with van der Waals surface area (Å²) in [6.45, 7) is 2.13. The molecule has 98 valence electrons. The Hall–Kier alpha value is -1.29. The van der Waals surface area contributed by atoms with E-state index in [0.717, 1.165) is 25.6 Å². The molecule has 3 rings (SSSR count). The molecule has 0 spiro atoms. The van der Waals surface area contributed by atoms with Gasteiger partial charge in [-0.15, -0.1) is 0 Å². The molecule has 1 atom stereocenters. The molecule has 1 aromatic rings. The summed E-state index contributed by atoms with van der Waals surface area (Å²) < 4.78 is 4.93. The van der Waals surface area contributed by atoms with E-state index in [1.807, 2.05) is 0 Å². The van der Waals surface area contributed by atoms with E-state index in [9.17, 15) is 4.79 Å². The van der Waals surface area contributed by atoms with Crippen LogP contribution in [0, 0.1) is 0 Å². The van der Waals surface area contributed by atoms with Gasteiger partial charge in [0.1, 0.15) is 6.26 Å². The van der Waals surface area contributed by atoms with Gasteiger partial charge in [0.05, 0.1) is 11.8 Å². The molecule has 2 heterocycles. The van der Waals surface area contributed by atoms with Crippen LogP contribution in [0.25, 0.3) is 0 Å². The Labute approximate surface area is 107 Å². The molecule has 1 aliphatic carbocycles. The zero-order valence-corrected chi connectivity index (χ0v) is 10.6. The van der Waals surface area contributed by atoms with Crippen molar-refractivity contribution >= 4 is 5.91 Å². The highest BCUT2D eigenvalue weighted by Gasteiger charge is 2.30. The second-order valence-corrected chi connectivity index (χ2v) is 5.40. The molecular weight excluding hydrogens is 228 g/mol. The maximum Gasteiger partial charge on any atom is 0.254 e. The first-order chi connectivity index (χ1) is 8.83. The lowest BCUT2D eigenvalue weighted by Gasteiger charge is -2.23. The molecule has 0 aromatic carbocycles. The lowest BCUT2D eigenvalue weighted by Crippen LogP contribution is -2.39. The minimum absolute atomic E-state index is 0.0120. The minimum Gasteiger partial charge on any atom is -0.472 e. The van der Waals surface area contributed by atoms with Crippen molar-refractivity contribution in [3.8, 4) is 0 Å². The summed E-state index contributed by atoms with van der Waals surface area (Å²) in [6, 6.07) is 2.77. The van der Waals surface area contributed by atoms with E-state index in [2.05, 4.69) is 10.2 Å². The van der Waals surface area contributed by atoms with Gasteiger partial charge in [0.15, 0.2) is 0 Å². The highest BCUT2D eigenvalue weighted by Crippen LogP contribution is 2.26. The van der Waals surface area contributed by atoms with Gasteiger partial charge in [0.25, 0.3) is 5.91 Å². The van der Waals surface area contributed by atoms with Gasteiger partial charge in [-0.1, -0.05) is 12.8 Å². The average Bonchev–Trinajstić information content (AvgIpc) is 3.12. The summed E-state index contributed by atoms with van der Waals surface area (Å²) in [5.74, 6) is -0.0120. The molecule has 1 N–H and O–H groups in total. The Balaban J connectivity index is 1.51. The summed E-state index contributed by atoms with van der Waals surface area (Å²) >= 11 is 0. The predicted octanol–water partition coefficient (Wildman–Crippen LogP) is 2.03. The normalized spacial score (nSPS) is 25.7. The molecule has 18 heavy (non-hydrogen) atoms. The molecule has 4 nitrogen and oxygen atoms in total. The van der Waals surface area contributed by atoms with Crippen molar-refractivity contribution in [3.63, 3.8) is 0 Å². The van der Waals surface area contributed by atoms with E-state index < -0.39 is 0 Å². The number of hydrogen-bond donors (Lipinski definition) is 1. The fraction of sp³-hybridized carbons (Fsp3) is 0.643. The van der Waals surface area contributed by atoms with Crippen LogP contribution in [-0.2, 0) is 0 Å². The number of furan rings is 1. The Kier molecular flexibility index (Phi) is 3.37. The molecule has 0 radical (unpaired) electrons. The molecule has 1 saturated carbocycles. The molecule has 2 fully saturated rings. The van der Waals surface area contributed by atoms with E-state index in [1.54, 1.807) is 6.07 Å². The highest BCUT2D eigenvalue weighted by molar-refractivity contribution is 5.93. The van der Waals surface area contributed by atoms with Gasteiger partial charge < -0.3 is 9.73 Å². The Morgan fingerprint density at radius 2 is 2.17 bits per heavy atom. The molecule has 1 unspecified atom stereocenters. The number of carbonyl (C=O) groups is 1. The van der Waals surface area contributed by atoms with Crippen molar-refractivity contribution < 1.29 is 9.21 Å². The number of rotatable bonds is 3. The Bertz CT molecular complexity index is 396. The first-order valence-electron chi connectivity index (χ1n) is 6.90. The second-order valence-electron chi connectivity index (χ2n) is 5.40. The van der Waals surface area contributed by atoms with Crippen LogP contribution in [0.4, 0.5) is 0 Å². The van der Waals surface area contributed by atoms with Crippen molar-refractivity contribution in [3.05, 3.63) is 24.2 Å². The van der Waals surface area contributed by atoms with E-state index in [-0.39, 0.29) is 5.91 Å². The van der Waals surface area contributed by atoms with Gasteiger partial charge in [-0.05, 0) is 25.3 Å². The third-order valence-corrected chi connectivity index (χ3v) is 4.18. The van der Waals surface area contributed by atoms with Gasteiger partial charge >= 0.3 is 0 Å². The Morgan fingerprint density at radius 3 is 2.89 bits per heavy atom. The maximum absolute atomic E-state index is 11.9.